The van der Waals surface area contributed by atoms with E-state index in [2.05, 4.69) is 13.5 Å². The molecule has 7 heteroatoms. The first kappa shape index (κ1) is 20.3. The van der Waals surface area contributed by atoms with Crippen LogP contribution in [-0.4, -0.2) is 73.1 Å². The highest BCUT2D eigenvalue weighted by Crippen LogP contribution is 2.20. The summed E-state index contributed by atoms with van der Waals surface area (Å²) in [6.45, 7) is 11.7. The van der Waals surface area contributed by atoms with E-state index in [-0.39, 0.29) is 6.10 Å². The lowest BCUT2D eigenvalue weighted by atomic mass is 10.2. The average Bonchev–Trinajstić information content (AvgIpc) is 3.41. The van der Waals surface area contributed by atoms with Gasteiger partial charge in [-0.2, -0.15) is 0 Å². The molecule has 0 radical (unpaired) electrons. The van der Waals surface area contributed by atoms with Gasteiger partial charge < -0.3 is 27.8 Å². The lowest BCUT2D eigenvalue weighted by molar-refractivity contribution is 0.0869. The van der Waals surface area contributed by atoms with Crippen LogP contribution in [0.2, 0.25) is 12.6 Å². The van der Waals surface area contributed by atoms with E-state index in [0.29, 0.717) is 18.8 Å². The standard InChI is InChI=1S/C17H34O6Si/c1-4-22-24(3,10-6-9-19-12-17-14-21-17)23-15(2)7-5-8-18-11-16-13-20-16/h15-17H,4-14H2,1-3H3. The van der Waals surface area contributed by atoms with Crippen molar-refractivity contribution in [1.82, 2.24) is 0 Å². The molecule has 4 unspecified atom stereocenters. The third kappa shape index (κ3) is 9.46. The van der Waals surface area contributed by atoms with Crippen molar-refractivity contribution >= 4 is 8.56 Å². The quantitative estimate of drug-likeness (QED) is 0.239. The zero-order valence-corrected chi connectivity index (χ0v) is 16.5. The molecule has 0 aromatic rings. The second-order valence-corrected chi connectivity index (χ2v) is 10.1. The Kier molecular flexibility index (Phi) is 9.18. The maximum Gasteiger partial charge on any atom is 0.335 e. The van der Waals surface area contributed by atoms with Gasteiger partial charge in [-0.05, 0) is 45.7 Å². The van der Waals surface area contributed by atoms with Crippen molar-refractivity contribution < 1.29 is 27.8 Å². The largest absolute Gasteiger partial charge is 0.395 e. The molecule has 4 atom stereocenters. The fourth-order valence-electron chi connectivity index (χ4n) is 2.68. The second-order valence-electron chi connectivity index (χ2n) is 6.80. The van der Waals surface area contributed by atoms with Crippen LogP contribution in [0.3, 0.4) is 0 Å². The van der Waals surface area contributed by atoms with Crippen LogP contribution >= 0.6 is 0 Å². The van der Waals surface area contributed by atoms with E-state index in [1.165, 1.54) is 0 Å². The smallest absolute Gasteiger partial charge is 0.335 e. The second kappa shape index (κ2) is 10.9. The van der Waals surface area contributed by atoms with Crippen molar-refractivity contribution in [3.8, 4) is 0 Å². The summed E-state index contributed by atoms with van der Waals surface area (Å²) in [5.74, 6) is 0. The monoisotopic (exact) mass is 362 g/mol. The van der Waals surface area contributed by atoms with Crippen LogP contribution in [-0.2, 0) is 27.8 Å². The van der Waals surface area contributed by atoms with Crippen LogP contribution < -0.4 is 0 Å². The highest BCUT2D eigenvalue weighted by atomic mass is 28.4. The van der Waals surface area contributed by atoms with E-state index in [9.17, 15) is 0 Å². The van der Waals surface area contributed by atoms with Crippen LogP contribution in [0.1, 0.15) is 33.1 Å². The van der Waals surface area contributed by atoms with Crippen molar-refractivity contribution in [2.75, 3.05) is 46.2 Å². The van der Waals surface area contributed by atoms with E-state index < -0.39 is 8.56 Å². The van der Waals surface area contributed by atoms with Gasteiger partial charge in [0.2, 0.25) is 0 Å². The molecule has 2 fully saturated rings. The summed E-state index contributed by atoms with van der Waals surface area (Å²) in [5.41, 5.74) is 0. The lowest BCUT2D eigenvalue weighted by Crippen LogP contribution is -2.41. The van der Waals surface area contributed by atoms with Crippen LogP contribution in [0.4, 0.5) is 0 Å². The van der Waals surface area contributed by atoms with Crippen LogP contribution in [0, 0.1) is 0 Å². The van der Waals surface area contributed by atoms with E-state index in [0.717, 1.165) is 64.9 Å². The first-order valence-electron chi connectivity index (χ1n) is 9.32. The van der Waals surface area contributed by atoms with Gasteiger partial charge in [-0.3, -0.25) is 0 Å². The SMILES string of the molecule is CCO[Si](C)(CCCOCC1CO1)OC(C)CCCOCC1CO1. The first-order chi connectivity index (χ1) is 11.6. The maximum absolute atomic E-state index is 6.31. The summed E-state index contributed by atoms with van der Waals surface area (Å²) in [5, 5.41) is 0. The zero-order valence-electron chi connectivity index (χ0n) is 15.5. The Hall–Kier alpha value is -0.0231. The molecule has 0 amide bonds. The minimum Gasteiger partial charge on any atom is -0.395 e. The predicted octanol–water partition coefficient (Wildman–Crippen LogP) is 2.50. The van der Waals surface area contributed by atoms with Crippen molar-refractivity contribution in [2.45, 2.75) is 64.0 Å². The minimum absolute atomic E-state index is 0.203. The van der Waals surface area contributed by atoms with Gasteiger partial charge in [-0.25, -0.2) is 0 Å². The summed E-state index contributed by atoms with van der Waals surface area (Å²) in [4.78, 5) is 0. The van der Waals surface area contributed by atoms with Crippen molar-refractivity contribution in [3.63, 3.8) is 0 Å². The van der Waals surface area contributed by atoms with Gasteiger partial charge in [0, 0.05) is 25.9 Å². The summed E-state index contributed by atoms with van der Waals surface area (Å²) < 4.78 is 33.8. The summed E-state index contributed by atoms with van der Waals surface area (Å²) in [6.07, 6.45) is 3.87. The molecule has 0 bridgehead atoms. The van der Waals surface area contributed by atoms with Crippen molar-refractivity contribution in [1.29, 1.82) is 0 Å². The Morgan fingerprint density at radius 3 is 2.17 bits per heavy atom. The Morgan fingerprint density at radius 1 is 1.04 bits per heavy atom. The normalized spacial score (nSPS) is 26.1. The highest BCUT2D eigenvalue weighted by Gasteiger charge is 2.32. The molecule has 142 valence electrons. The van der Waals surface area contributed by atoms with E-state index in [1.807, 2.05) is 6.92 Å². The fraction of sp³-hybridized carbons (Fsp3) is 1.00. The summed E-state index contributed by atoms with van der Waals surface area (Å²) in [7, 11) is -2.12. The van der Waals surface area contributed by atoms with Gasteiger partial charge in [0.25, 0.3) is 0 Å². The maximum atomic E-state index is 6.31. The van der Waals surface area contributed by atoms with E-state index in [4.69, 9.17) is 27.8 Å². The molecule has 0 aromatic carbocycles. The van der Waals surface area contributed by atoms with Gasteiger partial charge in [0.05, 0.1) is 26.4 Å². The number of epoxide rings is 2. The van der Waals surface area contributed by atoms with Crippen molar-refractivity contribution in [2.24, 2.45) is 0 Å². The molecule has 24 heavy (non-hydrogen) atoms. The highest BCUT2D eigenvalue weighted by molar-refractivity contribution is 6.66. The Labute approximate surface area is 147 Å². The molecular formula is C17H34O6Si. The van der Waals surface area contributed by atoms with Gasteiger partial charge in [-0.1, -0.05) is 0 Å². The molecule has 6 nitrogen and oxygen atoms in total. The fourth-order valence-corrected chi connectivity index (χ4v) is 5.38. The molecule has 2 rings (SSSR count). The molecule has 2 aliphatic heterocycles. The number of ether oxygens (including phenoxy) is 4. The molecular weight excluding hydrogens is 328 g/mol. The predicted molar refractivity (Wildman–Crippen MR) is 93.6 cm³/mol. The molecule has 0 aromatic heterocycles. The Morgan fingerprint density at radius 2 is 1.62 bits per heavy atom. The minimum atomic E-state index is -2.12. The molecule has 0 aliphatic carbocycles. The van der Waals surface area contributed by atoms with Crippen LogP contribution in [0.5, 0.6) is 0 Å². The molecule has 0 N–H and O–H groups in total. The van der Waals surface area contributed by atoms with Gasteiger partial charge in [0.1, 0.15) is 12.2 Å². The van der Waals surface area contributed by atoms with Crippen LogP contribution in [0.15, 0.2) is 0 Å². The van der Waals surface area contributed by atoms with Gasteiger partial charge in [0.15, 0.2) is 0 Å². The van der Waals surface area contributed by atoms with Crippen molar-refractivity contribution in [3.05, 3.63) is 0 Å². The molecule has 2 saturated heterocycles. The summed E-state index contributed by atoms with van der Waals surface area (Å²) in [6, 6.07) is 0.965. The molecule has 2 heterocycles. The zero-order chi connectivity index (χ0) is 17.3. The molecule has 0 saturated carbocycles. The topological polar surface area (TPSA) is 62.0 Å². The third-order valence-corrected chi connectivity index (χ3v) is 7.19. The Bertz CT molecular complexity index is 337. The number of hydrogen-bond acceptors (Lipinski definition) is 6. The average molecular weight is 363 g/mol. The lowest BCUT2D eigenvalue weighted by Gasteiger charge is -2.30. The molecule has 0 spiro atoms. The summed E-state index contributed by atoms with van der Waals surface area (Å²) >= 11 is 0. The van der Waals surface area contributed by atoms with Gasteiger partial charge >= 0.3 is 8.56 Å². The number of hydrogen-bond donors (Lipinski definition) is 0. The molecule has 2 aliphatic rings. The van der Waals surface area contributed by atoms with Crippen LogP contribution in [0.25, 0.3) is 0 Å². The third-order valence-electron chi connectivity index (χ3n) is 4.13. The number of rotatable bonds is 16. The van der Waals surface area contributed by atoms with Gasteiger partial charge in [-0.15, -0.1) is 0 Å². The van der Waals surface area contributed by atoms with E-state index >= 15 is 0 Å². The first-order valence-corrected chi connectivity index (χ1v) is 11.8. The van der Waals surface area contributed by atoms with E-state index in [1.54, 1.807) is 0 Å². The Balaban J connectivity index is 1.53.